The van der Waals surface area contributed by atoms with Gasteiger partial charge in [-0.3, -0.25) is 4.79 Å². The molecule has 29 heavy (non-hydrogen) atoms. The number of carbonyl (C=O) groups is 1. The van der Waals surface area contributed by atoms with E-state index in [2.05, 4.69) is 16.8 Å². The zero-order valence-electron chi connectivity index (χ0n) is 17.8. The number of piperidine rings is 1. The quantitative estimate of drug-likeness (QED) is 0.505. The van der Waals surface area contributed by atoms with Crippen molar-refractivity contribution >= 4 is 5.91 Å². The molecule has 1 heterocycles. The third kappa shape index (κ3) is 6.58. The van der Waals surface area contributed by atoms with Crippen molar-refractivity contribution in [2.75, 3.05) is 40.0 Å². The number of ether oxygens (including phenoxy) is 2. The Balaban J connectivity index is 1.53. The molecule has 0 spiro atoms. The van der Waals surface area contributed by atoms with E-state index < -0.39 is 0 Å². The lowest BCUT2D eigenvalue weighted by Gasteiger charge is -2.39. The van der Waals surface area contributed by atoms with Gasteiger partial charge in [0.15, 0.2) is 0 Å². The number of nitrogens with one attached hydrogen (secondary N) is 1. The second-order valence-electron chi connectivity index (χ2n) is 8.45. The molecule has 0 bridgehead atoms. The van der Waals surface area contributed by atoms with Gasteiger partial charge in [0, 0.05) is 24.7 Å². The molecule has 3 atom stereocenters. The van der Waals surface area contributed by atoms with Crippen molar-refractivity contribution in [1.29, 1.82) is 0 Å². The lowest BCUT2D eigenvalue weighted by molar-refractivity contribution is 0.0599. The molecule has 0 radical (unpaired) electrons. The van der Waals surface area contributed by atoms with E-state index in [1.165, 1.54) is 32.1 Å². The van der Waals surface area contributed by atoms with Crippen LogP contribution in [0.5, 0.6) is 5.75 Å². The number of carbonyl (C=O) groups excluding carboxylic acids is 1. The molecular formula is C24H36N2O3. The summed E-state index contributed by atoms with van der Waals surface area (Å²) in [6.45, 7) is 8.52. The first-order valence-electron chi connectivity index (χ1n) is 11.1. The van der Waals surface area contributed by atoms with E-state index in [4.69, 9.17) is 9.47 Å². The average molecular weight is 401 g/mol. The van der Waals surface area contributed by atoms with Crippen molar-refractivity contribution < 1.29 is 14.3 Å². The number of methoxy groups -OCH3 is 1. The Labute approximate surface area is 175 Å². The Morgan fingerprint density at radius 3 is 2.76 bits per heavy atom. The molecule has 1 aliphatic heterocycles. The maximum absolute atomic E-state index is 12.8. The van der Waals surface area contributed by atoms with Crippen LogP contribution in [0.15, 0.2) is 36.9 Å². The smallest absolute Gasteiger partial charge is 0.251 e. The highest BCUT2D eigenvalue weighted by molar-refractivity contribution is 5.94. The molecule has 1 N–H and O–H groups in total. The summed E-state index contributed by atoms with van der Waals surface area (Å²) < 4.78 is 10.9. The minimum Gasteiger partial charge on any atom is -0.497 e. The second kappa shape index (κ2) is 11.4. The minimum absolute atomic E-state index is 0.0268. The van der Waals surface area contributed by atoms with Crippen LogP contribution in [0.2, 0.25) is 0 Å². The number of hydrogen-bond donors (Lipinski definition) is 1. The molecule has 1 aromatic rings. The normalized spacial score (nSPS) is 25.3. The number of amides is 1. The molecule has 1 amide bonds. The van der Waals surface area contributed by atoms with Gasteiger partial charge in [-0.25, -0.2) is 0 Å². The molecule has 5 heteroatoms. The Morgan fingerprint density at radius 2 is 2.00 bits per heavy atom. The molecule has 3 rings (SSSR count). The molecule has 2 aliphatic rings. The first-order valence-corrected chi connectivity index (χ1v) is 11.1. The van der Waals surface area contributed by atoms with Crippen LogP contribution < -0.4 is 10.1 Å². The Hall–Kier alpha value is -1.85. The van der Waals surface area contributed by atoms with E-state index in [0.29, 0.717) is 24.0 Å². The molecule has 1 saturated carbocycles. The first kappa shape index (κ1) is 21.8. The highest BCUT2D eigenvalue weighted by Crippen LogP contribution is 2.28. The highest BCUT2D eigenvalue weighted by Gasteiger charge is 2.30. The molecule has 1 aromatic carbocycles. The molecule has 5 nitrogen and oxygen atoms in total. The predicted molar refractivity (Wildman–Crippen MR) is 116 cm³/mol. The summed E-state index contributed by atoms with van der Waals surface area (Å²) in [6, 6.07) is 7.62. The van der Waals surface area contributed by atoms with Gasteiger partial charge in [0.2, 0.25) is 0 Å². The number of benzene rings is 1. The molecule has 0 aromatic heterocycles. The number of likely N-dealkylation sites (tertiary alicyclic amines) is 1. The largest absolute Gasteiger partial charge is 0.497 e. The van der Waals surface area contributed by atoms with Gasteiger partial charge in [-0.1, -0.05) is 18.9 Å². The second-order valence-corrected chi connectivity index (χ2v) is 8.45. The summed E-state index contributed by atoms with van der Waals surface area (Å²) in [5.74, 6) is 1.94. The molecule has 1 saturated heterocycles. The van der Waals surface area contributed by atoms with Gasteiger partial charge in [0.05, 0.1) is 20.3 Å². The fraction of sp³-hybridized carbons (Fsp3) is 0.625. The van der Waals surface area contributed by atoms with Gasteiger partial charge in [-0.2, -0.15) is 0 Å². The molecule has 160 valence electrons. The van der Waals surface area contributed by atoms with Gasteiger partial charge >= 0.3 is 0 Å². The van der Waals surface area contributed by atoms with E-state index in [1.807, 2.05) is 30.3 Å². The Morgan fingerprint density at radius 1 is 1.21 bits per heavy atom. The van der Waals surface area contributed by atoms with Crippen LogP contribution in [-0.2, 0) is 4.74 Å². The fourth-order valence-electron chi connectivity index (χ4n) is 4.71. The Bertz CT molecular complexity index is 646. The predicted octanol–water partition coefficient (Wildman–Crippen LogP) is 3.90. The van der Waals surface area contributed by atoms with Gasteiger partial charge < -0.3 is 19.7 Å². The van der Waals surface area contributed by atoms with Crippen molar-refractivity contribution in [2.45, 2.75) is 44.6 Å². The van der Waals surface area contributed by atoms with Crippen LogP contribution in [0.25, 0.3) is 0 Å². The number of hydrogen-bond acceptors (Lipinski definition) is 4. The van der Waals surface area contributed by atoms with Crippen LogP contribution in [0.4, 0.5) is 0 Å². The Kier molecular flexibility index (Phi) is 8.56. The van der Waals surface area contributed by atoms with Gasteiger partial charge in [-0.15, -0.1) is 6.58 Å². The summed E-state index contributed by atoms with van der Waals surface area (Å²) in [7, 11) is 1.64. The highest BCUT2D eigenvalue weighted by atomic mass is 16.5. The van der Waals surface area contributed by atoms with Crippen LogP contribution in [0, 0.1) is 11.8 Å². The van der Waals surface area contributed by atoms with Crippen LogP contribution in [0.1, 0.15) is 48.9 Å². The van der Waals surface area contributed by atoms with Crippen molar-refractivity contribution in [3.05, 3.63) is 42.5 Å². The van der Waals surface area contributed by atoms with E-state index in [1.54, 1.807) is 7.11 Å². The standard InChI is InChI=1S/C24H36N2O3/c1-3-15-29-18-19-7-6-14-26(16-19)17-21-8-4-5-9-23(21)25-24(27)20-10-12-22(28-2)13-11-20/h3,10-13,19,21,23H,1,4-9,14-18H2,2H3,(H,25,27). The molecule has 1 aliphatic carbocycles. The monoisotopic (exact) mass is 400 g/mol. The van der Waals surface area contributed by atoms with Crippen molar-refractivity contribution in [2.24, 2.45) is 11.8 Å². The van der Waals surface area contributed by atoms with E-state index in [9.17, 15) is 4.79 Å². The lowest BCUT2D eigenvalue weighted by Crippen LogP contribution is -2.48. The lowest BCUT2D eigenvalue weighted by atomic mass is 9.83. The number of rotatable bonds is 9. The zero-order chi connectivity index (χ0) is 20.5. The maximum atomic E-state index is 12.8. The zero-order valence-corrected chi connectivity index (χ0v) is 17.8. The van der Waals surface area contributed by atoms with Gasteiger partial charge in [0.1, 0.15) is 5.75 Å². The van der Waals surface area contributed by atoms with Gasteiger partial charge in [-0.05, 0) is 68.3 Å². The molecule has 2 fully saturated rings. The first-order chi connectivity index (χ1) is 14.2. The summed E-state index contributed by atoms with van der Waals surface area (Å²) >= 11 is 0. The van der Waals surface area contributed by atoms with Crippen LogP contribution in [-0.4, -0.2) is 56.8 Å². The summed E-state index contributed by atoms with van der Waals surface area (Å²) in [5.41, 5.74) is 0.701. The number of nitrogens with zero attached hydrogens (tertiary/aromatic N) is 1. The summed E-state index contributed by atoms with van der Waals surface area (Å²) in [6.07, 6.45) is 9.03. The van der Waals surface area contributed by atoms with Crippen molar-refractivity contribution in [1.82, 2.24) is 10.2 Å². The van der Waals surface area contributed by atoms with Crippen LogP contribution >= 0.6 is 0 Å². The topological polar surface area (TPSA) is 50.8 Å². The third-order valence-corrected chi connectivity index (χ3v) is 6.26. The summed E-state index contributed by atoms with van der Waals surface area (Å²) in [5, 5.41) is 3.32. The van der Waals surface area contributed by atoms with Crippen molar-refractivity contribution in [3.63, 3.8) is 0 Å². The van der Waals surface area contributed by atoms with Crippen LogP contribution in [0.3, 0.4) is 0 Å². The van der Waals surface area contributed by atoms with Gasteiger partial charge in [0.25, 0.3) is 5.91 Å². The minimum atomic E-state index is 0.0268. The summed E-state index contributed by atoms with van der Waals surface area (Å²) in [4.78, 5) is 15.4. The molecular weight excluding hydrogens is 364 g/mol. The average Bonchev–Trinajstić information content (AvgIpc) is 2.76. The van der Waals surface area contributed by atoms with Crippen molar-refractivity contribution in [3.8, 4) is 5.75 Å². The third-order valence-electron chi connectivity index (χ3n) is 6.26. The van der Waals surface area contributed by atoms with E-state index in [0.717, 1.165) is 38.4 Å². The fourth-order valence-corrected chi connectivity index (χ4v) is 4.71. The van der Waals surface area contributed by atoms with E-state index in [-0.39, 0.29) is 11.9 Å². The molecule has 3 unspecified atom stereocenters. The maximum Gasteiger partial charge on any atom is 0.251 e. The SMILES string of the molecule is C=CCOCC1CCCN(CC2CCCCC2NC(=O)c2ccc(OC)cc2)C1. The van der Waals surface area contributed by atoms with E-state index >= 15 is 0 Å².